The van der Waals surface area contributed by atoms with E-state index in [1.54, 1.807) is 0 Å². The van der Waals surface area contributed by atoms with Crippen LogP contribution >= 0.6 is 0 Å². The maximum atomic E-state index is 11.7. The van der Waals surface area contributed by atoms with E-state index in [4.69, 9.17) is 9.47 Å². The largest absolute Gasteiger partial charge is 0.490 e. The number of ether oxygens (including phenoxy) is 2. The molecule has 3 heteroatoms. The maximum absolute atomic E-state index is 11.7. The number of aryl methyl sites for hydroxylation is 1. The lowest BCUT2D eigenvalue weighted by Crippen LogP contribution is -2.25. The lowest BCUT2D eigenvalue weighted by molar-refractivity contribution is 0.0585. The molecule has 1 aliphatic carbocycles. The van der Waals surface area contributed by atoms with E-state index in [0.717, 1.165) is 24.8 Å². The number of methoxy groups -OCH3 is 1. The number of rotatable bonds is 4. The second-order valence-electron chi connectivity index (χ2n) is 4.35. The molecule has 0 spiro atoms. The zero-order chi connectivity index (χ0) is 12.3. The Hall–Kier alpha value is -1.51. The minimum atomic E-state index is -0.324. The Labute approximate surface area is 102 Å². The van der Waals surface area contributed by atoms with Gasteiger partial charge >= 0.3 is 5.97 Å². The first-order chi connectivity index (χ1) is 8.24. The number of esters is 1. The Morgan fingerprint density at radius 1 is 1.41 bits per heavy atom. The van der Waals surface area contributed by atoms with Crippen molar-refractivity contribution < 1.29 is 14.3 Å². The van der Waals surface area contributed by atoms with E-state index in [2.05, 4.69) is 6.92 Å². The van der Waals surface area contributed by atoms with E-state index in [1.807, 2.05) is 18.2 Å². The maximum Gasteiger partial charge on any atom is 0.341 e. The van der Waals surface area contributed by atoms with Gasteiger partial charge in [-0.1, -0.05) is 13.0 Å². The van der Waals surface area contributed by atoms with Gasteiger partial charge in [0.25, 0.3) is 0 Å². The standard InChI is InChI=1S/C14H18O3/c1-3-10-7-8-13(17-11-5-4-6-11)12(9-10)14(15)16-2/h7-9,11H,3-6H2,1-2H3. The second-order valence-corrected chi connectivity index (χ2v) is 4.35. The topological polar surface area (TPSA) is 35.5 Å². The second kappa shape index (κ2) is 5.21. The number of hydrogen-bond acceptors (Lipinski definition) is 3. The molecule has 0 aromatic heterocycles. The van der Waals surface area contributed by atoms with Crippen molar-refractivity contribution in [2.45, 2.75) is 38.7 Å². The van der Waals surface area contributed by atoms with E-state index in [1.165, 1.54) is 13.5 Å². The van der Waals surface area contributed by atoms with Crippen molar-refractivity contribution in [1.29, 1.82) is 0 Å². The molecule has 1 aromatic rings. The van der Waals surface area contributed by atoms with E-state index < -0.39 is 0 Å². The fourth-order valence-corrected chi connectivity index (χ4v) is 1.84. The average molecular weight is 234 g/mol. The lowest BCUT2D eigenvalue weighted by Gasteiger charge is -2.27. The van der Waals surface area contributed by atoms with Crippen LogP contribution in [-0.2, 0) is 11.2 Å². The van der Waals surface area contributed by atoms with E-state index in [-0.39, 0.29) is 12.1 Å². The minimum absolute atomic E-state index is 0.269. The Balaban J connectivity index is 2.25. The van der Waals surface area contributed by atoms with Gasteiger partial charge in [0.05, 0.1) is 13.2 Å². The molecule has 1 saturated carbocycles. The molecule has 2 rings (SSSR count). The molecule has 0 unspecified atom stereocenters. The number of benzene rings is 1. The van der Waals surface area contributed by atoms with Crippen LogP contribution in [0.5, 0.6) is 5.75 Å². The van der Waals surface area contributed by atoms with Gasteiger partial charge in [0.1, 0.15) is 11.3 Å². The highest BCUT2D eigenvalue weighted by molar-refractivity contribution is 5.92. The Kier molecular flexibility index (Phi) is 3.67. The molecule has 0 radical (unpaired) electrons. The van der Waals surface area contributed by atoms with E-state index in [0.29, 0.717) is 11.3 Å². The SMILES string of the molecule is CCc1ccc(OC2CCC2)c(C(=O)OC)c1. The predicted octanol–water partition coefficient (Wildman–Crippen LogP) is 2.97. The summed E-state index contributed by atoms with van der Waals surface area (Å²) < 4.78 is 10.6. The molecule has 3 nitrogen and oxygen atoms in total. The molecule has 17 heavy (non-hydrogen) atoms. The van der Waals surface area contributed by atoms with Gasteiger partial charge in [0.2, 0.25) is 0 Å². The van der Waals surface area contributed by atoms with Crippen LogP contribution in [0.2, 0.25) is 0 Å². The van der Waals surface area contributed by atoms with Crippen molar-refractivity contribution in [3.63, 3.8) is 0 Å². The number of carbonyl (C=O) groups is 1. The summed E-state index contributed by atoms with van der Waals surface area (Å²) in [5.74, 6) is 0.327. The fraction of sp³-hybridized carbons (Fsp3) is 0.500. The normalized spacial score (nSPS) is 15.2. The molecule has 92 valence electrons. The summed E-state index contributed by atoms with van der Waals surface area (Å²) in [4.78, 5) is 11.7. The van der Waals surface area contributed by atoms with Crippen molar-refractivity contribution in [1.82, 2.24) is 0 Å². The van der Waals surface area contributed by atoms with Crippen LogP contribution in [-0.4, -0.2) is 19.2 Å². The van der Waals surface area contributed by atoms with Gasteiger partial charge in [-0.15, -0.1) is 0 Å². The van der Waals surface area contributed by atoms with Gasteiger partial charge in [-0.3, -0.25) is 0 Å². The molecule has 0 atom stereocenters. The summed E-state index contributed by atoms with van der Waals surface area (Å²) in [6, 6.07) is 5.74. The summed E-state index contributed by atoms with van der Waals surface area (Å²) in [6.07, 6.45) is 4.54. The molecular formula is C14H18O3. The Morgan fingerprint density at radius 2 is 2.18 bits per heavy atom. The minimum Gasteiger partial charge on any atom is -0.490 e. The van der Waals surface area contributed by atoms with Crippen LogP contribution in [0.25, 0.3) is 0 Å². The lowest BCUT2D eigenvalue weighted by atomic mass is 9.96. The van der Waals surface area contributed by atoms with Gasteiger partial charge in [-0.05, 0) is 43.4 Å². The van der Waals surface area contributed by atoms with Crippen LogP contribution in [0.15, 0.2) is 18.2 Å². The van der Waals surface area contributed by atoms with Crippen LogP contribution in [0.1, 0.15) is 42.1 Å². The van der Waals surface area contributed by atoms with Crippen molar-refractivity contribution in [3.05, 3.63) is 29.3 Å². The Morgan fingerprint density at radius 3 is 2.71 bits per heavy atom. The number of hydrogen-bond donors (Lipinski definition) is 0. The predicted molar refractivity (Wildman–Crippen MR) is 65.4 cm³/mol. The van der Waals surface area contributed by atoms with E-state index in [9.17, 15) is 4.79 Å². The van der Waals surface area contributed by atoms with Crippen molar-refractivity contribution >= 4 is 5.97 Å². The molecule has 0 amide bonds. The quantitative estimate of drug-likeness (QED) is 0.751. The molecule has 1 aliphatic rings. The number of carbonyl (C=O) groups excluding carboxylic acids is 1. The molecule has 1 aromatic carbocycles. The smallest absolute Gasteiger partial charge is 0.341 e. The van der Waals surface area contributed by atoms with Crippen molar-refractivity contribution in [2.75, 3.05) is 7.11 Å². The van der Waals surface area contributed by atoms with Crippen molar-refractivity contribution in [2.24, 2.45) is 0 Å². The Bertz CT molecular complexity index is 408. The fourth-order valence-electron chi connectivity index (χ4n) is 1.84. The first-order valence-electron chi connectivity index (χ1n) is 6.12. The van der Waals surface area contributed by atoms with Crippen LogP contribution in [0.3, 0.4) is 0 Å². The molecule has 0 N–H and O–H groups in total. The van der Waals surface area contributed by atoms with Crippen LogP contribution in [0.4, 0.5) is 0 Å². The molecule has 0 heterocycles. The van der Waals surface area contributed by atoms with Gasteiger partial charge in [0, 0.05) is 0 Å². The van der Waals surface area contributed by atoms with Gasteiger partial charge in [0.15, 0.2) is 0 Å². The highest BCUT2D eigenvalue weighted by Gasteiger charge is 2.22. The molecule has 0 aliphatic heterocycles. The van der Waals surface area contributed by atoms with Gasteiger partial charge in [-0.25, -0.2) is 4.79 Å². The third-order valence-corrected chi connectivity index (χ3v) is 3.20. The highest BCUT2D eigenvalue weighted by atomic mass is 16.5. The summed E-state index contributed by atoms with van der Waals surface area (Å²) in [6.45, 7) is 2.06. The highest BCUT2D eigenvalue weighted by Crippen LogP contribution is 2.28. The van der Waals surface area contributed by atoms with Gasteiger partial charge < -0.3 is 9.47 Å². The zero-order valence-electron chi connectivity index (χ0n) is 10.4. The van der Waals surface area contributed by atoms with Gasteiger partial charge in [-0.2, -0.15) is 0 Å². The molecule has 1 fully saturated rings. The van der Waals surface area contributed by atoms with Crippen LogP contribution in [0, 0.1) is 0 Å². The molecule has 0 bridgehead atoms. The first-order valence-corrected chi connectivity index (χ1v) is 6.12. The third-order valence-electron chi connectivity index (χ3n) is 3.20. The summed E-state index contributed by atoms with van der Waals surface area (Å²) in [5.41, 5.74) is 1.66. The zero-order valence-corrected chi connectivity index (χ0v) is 10.4. The first kappa shape index (κ1) is 12.0. The summed E-state index contributed by atoms with van der Waals surface area (Å²) >= 11 is 0. The molecule has 0 saturated heterocycles. The summed E-state index contributed by atoms with van der Waals surface area (Å²) in [5, 5.41) is 0. The van der Waals surface area contributed by atoms with Crippen molar-refractivity contribution in [3.8, 4) is 5.75 Å². The third kappa shape index (κ3) is 2.60. The van der Waals surface area contributed by atoms with E-state index >= 15 is 0 Å². The summed E-state index contributed by atoms with van der Waals surface area (Å²) in [7, 11) is 1.40. The monoisotopic (exact) mass is 234 g/mol. The van der Waals surface area contributed by atoms with Crippen LogP contribution < -0.4 is 4.74 Å². The average Bonchev–Trinajstić information content (AvgIpc) is 2.32. The molecular weight excluding hydrogens is 216 g/mol.